The van der Waals surface area contributed by atoms with E-state index >= 15 is 0 Å². The zero-order valence-corrected chi connectivity index (χ0v) is 61.8. The van der Waals surface area contributed by atoms with Crippen LogP contribution < -0.4 is 0 Å². The first-order valence-electron chi connectivity index (χ1n) is 37.8. The number of carbonyl (C=O) groups is 4. The summed E-state index contributed by atoms with van der Waals surface area (Å²) in [6, 6.07) is 0. The van der Waals surface area contributed by atoms with Crippen LogP contribution in [0.5, 0.6) is 0 Å². The quantitative estimate of drug-likeness (QED) is 0.0169. The SMILES string of the molecule is CCCCCC/C=C\C=C/CCCCCCCC(=O)OC[C@H](COP(=O)(O)OC[C@@H](O)COP(=O)(O)OC[C@@H](COC(=O)CCCCCCCCCCC)OC(=O)CCCCCCCCCCCC(C)C)OC(=O)CCCCCCCCCCCCCCCCC(C)C. The van der Waals surface area contributed by atoms with Crippen LogP contribution in [0.15, 0.2) is 24.3 Å². The molecule has 0 aromatic rings. The van der Waals surface area contributed by atoms with Gasteiger partial charge in [-0.05, 0) is 63.2 Å². The van der Waals surface area contributed by atoms with Gasteiger partial charge >= 0.3 is 39.5 Å². The fraction of sp³-hybridized carbons (Fsp3) is 0.892. The van der Waals surface area contributed by atoms with Crippen LogP contribution in [0.25, 0.3) is 0 Å². The number of hydrogen-bond acceptors (Lipinski definition) is 15. The normalized spacial score (nSPS) is 14.2. The van der Waals surface area contributed by atoms with E-state index in [9.17, 15) is 43.2 Å². The maximum absolute atomic E-state index is 13.1. The molecule has 0 bridgehead atoms. The number of rotatable bonds is 71. The Bertz CT molecular complexity index is 1900. The van der Waals surface area contributed by atoms with Crippen LogP contribution >= 0.6 is 15.6 Å². The molecule has 0 aromatic carbocycles. The molecule has 5 atom stereocenters. The summed E-state index contributed by atoms with van der Waals surface area (Å²) < 4.78 is 68.4. The van der Waals surface area contributed by atoms with Crippen molar-refractivity contribution in [2.24, 2.45) is 11.8 Å². The number of esters is 4. The Morgan fingerprint density at radius 3 is 0.882 bits per heavy atom. The summed E-state index contributed by atoms with van der Waals surface area (Å²) in [6.45, 7) is 9.49. The van der Waals surface area contributed by atoms with Gasteiger partial charge in [0.1, 0.15) is 19.3 Å². The van der Waals surface area contributed by atoms with E-state index in [1.165, 1.54) is 154 Å². The first-order chi connectivity index (χ1) is 44.9. The maximum atomic E-state index is 13.1. The van der Waals surface area contributed by atoms with Crippen LogP contribution in [-0.2, 0) is 65.4 Å². The Kier molecular flexibility index (Phi) is 63.7. The fourth-order valence-electron chi connectivity index (χ4n) is 10.8. The predicted octanol–water partition coefficient (Wildman–Crippen LogP) is 21.1. The lowest BCUT2D eigenvalue weighted by molar-refractivity contribution is -0.161. The van der Waals surface area contributed by atoms with Crippen molar-refractivity contribution in [1.29, 1.82) is 0 Å². The second-order valence-corrected chi connectivity index (χ2v) is 29.9. The number of phosphoric acid groups is 2. The highest BCUT2D eigenvalue weighted by Crippen LogP contribution is 2.45. The van der Waals surface area contributed by atoms with Gasteiger partial charge in [-0.15, -0.1) is 0 Å². The van der Waals surface area contributed by atoms with Crippen LogP contribution in [0.3, 0.4) is 0 Å². The second-order valence-electron chi connectivity index (χ2n) is 27.0. The van der Waals surface area contributed by atoms with E-state index in [1.807, 2.05) is 0 Å². The Morgan fingerprint density at radius 1 is 0.333 bits per heavy atom. The maximum Gasteiger partial charge on any atom is 0.472 e. The molecule has 548 valence electrons. The Hall–Kier alpha value is -2.46. The monoisotopic (exact) mass is 1360 g/mol. The van der Waals surface area contributed by atoms with E-state index in [2.05, 4.69) is 65.8 Å². The number of aliphatic hydroxyl groups is 1. The minimum Gasteiger partial charge on any atom is -0.462 e. The average Bonchev–Trinajstić information content (AvgIpc) is 2.93. The fourth-order valence-corrected chi connectivity index (χ4v) is 12.3. The van der Waals surface area contributed by atoms with Crippen molar-refractivity contribution in [1.82, 2.24) is 0 Å². The molecule has 2 unspecified atom stereocenters. The molecule has 3 N–H and O–H groups in total. The van der Waals surface area contributed by atoms with E-state index in [0.717, 1.165) is 121 Å². The molecule has 0 aliphatic heterocycles. The zero-order valence-electron chi connectivity index (χ0n) is 60.0. The zero-order chi connectivity index (χ0) is 68.6. The highest BCUT2D eigenvalue weighted by molar-refractivity contribution is 7.47. The summed E-state index contributed by atoms with van der Waals surface area (Å²) in [4.78, 5) is 72.6. The van der Waals surface area contributed by atoms with Gasteiger partial charge in [-0.1, -0.05) is 303 Å². The molecule has 0 aliphatic carbocycles. The van der Waals surface area contributed by atoms with Crippen molar-refractivity contribution in [2.45, 2.75) is 374 Å². The largest absolute Gasteiger partial charge is 0.472 e. The van der Waals surface area contributed by atoms with E-state index in [-0.39, 0.29) is 25.7 Å². The molecule has 0 spiro atoms. The highest BCUT2D eigenvalue weighted by Gasteiger charge is 2.30. The smallest absolute Gasteiger partial charge is 0.462 e. The molecule has 0 saturated carbocycles. The van der Waals surface area contributed by atoms with Crippen LogP contribution in [0, 0.1) is 11.8 Å². The molecule has 0 amide bonds. The molecule has 0 aliphatic rings. The molecule has 0 aromatic heterocycles. The van der Waals surface area contributed by atoms with Crippen LogP contribution in [-0.4, -0.2) is 96.7 Å². The predicted molar refractivity (Wildman–Crippen MR) is 377 cm³/mol. The van der Waals surface area contributed by atoms with E-state index < -0.39 is 97.5 Å². The van der Waals surface area contributed by atoms with Crippen molar-refractivity contribution in [3.8, 4) is 0 Å². The first-order valence-corrected chi connectivity index (χ1v) is 40.8. The van der Waals surface area contributed by atoms with Gasteiger partial charge in [0, 0.05) is 25.7 Å². The van der Waals surface area contributed by atoms with Crippen molar-refractivity contribution in [3.05, 3.63) is 24.3 Å². The number of carbonyl (C=O) groups excluding carboxylic acids is 4. The minimum absolute atomic E-state index is 0.100. The molecule has 0 radical (unpaired) electrons. The van der Waals surface area contributed by atoms with Gasteiger partial charge in [-0.2, -0.15) is 0 Å². The minimum atomic E-state index is -4.96. The third-order valence-electron chi connectivity index (χ3n) is 16.6. The number of aliphatic hydroxyl groups excluding tert-OH is 1. The molecule has 0 saturated heterocycles. The highest BCUT2D eigenvalue weighted by atomic mass is 31.2. The molecule has 93 heavy (non-hydrogen) atoms. The lowest BCUT2D eigenvalue weighted by Crippen LogP contribution is -2.30. The number of hydrogen-bond donors (Lipinski definition) is 3. The summed E-state index contributed by atoms with van der Waals surface area (Å²) in [5, 5.41) is 10.6. The third kappa shape index (κ3) is 67.9. The molecule has 17 nitrogen and oxygen atoms in total. The third-order valence-corrected chi connectivity index (χ3v) is 18.5. The Balaban J connectivity index is 5.27. The van der Waals surface area contributed by atoms with Gasteiger partial charge in [-0.25, -0.2) is 9.13 Å². The van der Waals surface area contributed by atoms with Gasteiger partial charge in [0.05, 0.1) is 26.4 Å². The lowest BCUT2D eigenvalue weighted by atomic mass is 10.0. The molecule has 0 rings (SSSR count). The van der Waals surface area contributed by atoms with Crippen molar-refractivity contribution >= 4 is 39.5 Å². The molecule has 19 heteroatoms. The molecular weight excluding hydrogens is 1220 g/mol. The Labute approximate surface area is 567 Å². The van der Waals surface area contributed by atoms with Crippen molar-refractivity contribution in [3.63, 3.8) is 0 Å². The molecule has 0 fully saturated rings. The molecule has 0 heterocycles. The van der Waals surface area contributed by atoms with Gasteiger partial charge in [0.15, 0.2) is 12.2 Å². The number of allylic oxidation sites excluding steroid dienone is 4. The number of unbranched alkanes of at least 4 members (excludes halogenated alkanes) is 38. The second kappa shape index (κ2) is 65.5. The van der Waals surface area contributed by atoms with Crippen molar-refractivity contribution < 1.29 is 80.2 Å². The topological polar surface area (TPSA) is 237 Å². The lowest BCUT2D eigenvalue weighted by Gasteiger charge is -2.21. The Morgan fingerprint density at radius 2 is 0.581 bits per heavy atom. The van der Waals surface area contributed by atoms with Crippen molar-refractivity contribution in [2.75, 3.05) is 39.6 Å². The van der Waals surface area contributed by atoms with Gasteiger partial charge in [0.2, 0.25) is 0 Å². The summed E-state index contributed by atoms with van der Waals surface area (Å²) in [5.74, 6) is -0.622. The summed E-state index contributed by atoms with van der Waals surface area (Å²) in [6.07, 6.45) is 54.9. The van der Waals surface area contributed by atoms with Crippen LogP contribution in [0.2, 0.25) is 0 Å². The number of ether oxygens (including phenoxy) is 4. The average molecular weight is 1360 g/mol. The number of phosphoric ester groups is 2. The summed E-state index contributed by atoms with van der Waals surface area (Å²) in [7, 11) is -9.92. The van der Waals surface area contributed by atoms with E-state index in [1.54, 1.807) is 0 Å². The molecular formula is C74H140O17P2. The standard InChI is InChI=1S/C74H140O17P2/c1-7-9-11-13-15-17-18-19-20-24-27-33-39-45-51-57-72(77)85-63-70(90-73(78)58-52-46-40-34-28-25-22-21-23-26-31-36-42-48-54-66(3)4)65-89-93(82,83)87-61-68(75)60-86-92(80,81)88-64-69(62-84-71(76)56-50-44-38-30-16-14-12-10-8-2)91-74(79)59-53-47-41-35-29-32-37-43-49-55-67(5)6/h17-20,66-70,75H,7-16,21-65H2,1-6H3,(H,80,81)(H,82,83)/b18-17-,20-19-/t68-,69+,70+/m0/s1. The summed E-state index contributed by atoms with van der Waals surface area (Å²) >= 11 is 0. The van der Waals surface area contributed by atoms with Gasteiger partial charge in [0.25, 0.3) is 0 Å². The van der Waals surface area contributed by atoms with Crippen LogP contribution in [0.1, 0.15) is 356 Å². The van der Waals surface area contributed by atoms with Crippen LogP contribution in [0.4, 0.5) is 0 Å². The van der Waals surface area contributed by atoms with E-state index in [4.69, 9.17) is 37.0 Å². The first kappa shape index (κ1) is 90.5. The summed E-state index contributed by atoms with van der Waals surface area (Å²) in [5.41, 5.74) is 0. The van der Waals surface area contributed by atoms with Gasteiger partial charge < -0.3 is 33.8 Å². The van der Waals surface area contributed by atoms with E-state index in [0.29, 0.717) is 25.7 Å². The van der Waals surface area contributed by atoms with Gasteiger partial charge in [-0.3, -0.25) is 37.3 Å².